The van der Waals surface area contributed by atoms with Crippen LogP contribution in [0.25, 0.3) is 100 Å². The van der Waals surface area contributed by atoms with Gasteiger partial charge in [-0.05, 0) is 39.4 Å². The smallest absolute Gasteiger partial charge is 0.164 e. The van der Waals surface area contributed by atoms with E-state index in [1.54, 1.807) is 0 Å². The van der Waals surface area contributed by atoms with Crippen LogP contribution in [-0.2, 0) is 0 Å². The maximum Gasteiger partial charge on any atom is 0.164 e. The van der Waals surface area contributed by atoms with Gasteiger partial charge in [0, 0.05) is 38.4 Å². The summed E-state index contributed by atoms with van der Waals surface area (Å²) < 4.78 is 0. The SMILES string of the molecule is c1ccc(-c2nc(-c3ccccc3)nc(-c3ccc(-c4ccc(-c5cccc6c(-c7ccccc7-c7ccccc7)nc7ccccc7c56)cc4)cc3)n2)cc1. The van der Waals surface area contributed by atoms with Crippen LogP contribution in [0.2, 0.25) is 0 Å². The molecule has 0 aliphatic carbocycles. The molecule has 0 spiro atoms. The van der Waals surface area contributed by atoms with E-state index in [4.69, 9.17) is 19.9 Å². The number of hydrogen-bond acceptors (Lipinski definition) is 4. The summed E-state index contributed by atoms with van der Waals surface area (Å²) in [6.45, 7) is 0. The van der Waals surface area contributed by atoms with Crippen molar-refractivity contribution >= 4 is 21.7 Å². The van der Waals surface area contributed by atoms with E-state index >= 15 is 0 Å². The zero-order chi connectivity index (χ0) is 37.3. The number of aromatic nitrogens is 4. The Hall–Kier alpha value is -7.56. The van der Waals surface area contributed by atoms with Crippen LogP contribution in [0.3, 0.4) is 0 Å². The van der Waals surface area contributed by atoms with Gasteiger partial charge in [0.1, 0.15) is 0 Å². The summed E-state index contributed by atoms with van der Waals surface area (Å²) in [6, 6.07) is 71.7. The molecular weight excluding hydrogens is 681 g/mol. The van der Waals surface area contributed by atoms with Crippen LogP contribution in [-0.4, -0.2) is 19.9 Å². The van der Waals surface area contributed by atoms with Crippen molar-refractivity contribution in [2.24, 2.45) is 0 Å². The highest BCUT2D eigenvalue weighted by Gasteiger charge is 2.17. The summed E-state index contributed by atoms with van der Waals surface area (Å²) in [5.41, 5.74) is 12.9. The lowest BCUT2D eigenvalue weighted by atomic mass is 9.90. The third kappa shape index (κ3) is 6.19. The highest BCUT2D eigenvalue weighted by Crippen LogP contribution is 2.41. The molecule has 0 saturated heterocycles. The van der Waals surface area contributed by atoms with E-state index in [2.05, 4.69) is 146 Å². The Balaban J connectivity index is 1.02. The summed E-state index contributed by atoms with van der Waals surface area (Å²) in [4.78, 5) is 20.0. The average molecular weight is 715 g/mol. The number of para-hydroxylation sites is 1. The number of fused-ring (bicyclic) bond motifs is 3. The molecule has 0 aliphatic heterocycles. The Morgan fingerprint density at radius 3 is 1.21 bits per heavy atom. The van der Waals surface area contributed by atoms with Gasteiger partial charge in [0.2, 0.25) is 0 Å². The average Bonchev–Trinajstić information content (AvgIpc) is 3.29. The first-order valence-electron chi connectivity index (χ1n) is 18.8. The van der Waals surface area contributed by atoms with Crippen LogP contribution in [0.5, 0.6) is 0 Å². The highest BCUT2D eigenvalue weighted by molar-refractivity contribution is 6.17. The molecule has 0 atom stereocenters. The van der Waals surface area contributed by atoms with Crippen LogP contribution in [0, 0.1) is 0 Å². The van der Waals surface area contributed by atoms with Crippen LogP contribution >= 0.6 is 0 Å². The third-order valence-electron chi connectivity index (χ3n) is 10.4. The van der Waals surface area contributed by atoms with E-state index in [0.717, 1.165) is 60.9 Å². The molecule has 0 amide bonds. The second kappa shape index (κ2) is 14.3. The molecule has 4 heteroatoms. The Morgan fingerprint density at radius 2 is 0.625 bits per heavy atom. The van der Waals surface area contributed by atoms with Crippen molar-refractivity contribution < 1.29 is 0 Å². The zero-order valence-corrected chi connectivity index (χ0v) is 30.4. The van der Waals surface area contributed by atoms with E-state index in [-0.39, 0.29) is 0 Å². The Labute approximate surface area is 325 Å². The van der Waals surface area contributed by atoms with Gasteiger partial charge in [-0.1, -0.05) is 200 Å². The fourth-order valence-corrected chi connectivity index (χ4v) is 7.60. The number of hydrogen-bond donors (Lipinski definition) is 0. The van der Waals surface area contributed by atoms with Crippen LogP contribution in [0.1, 0.15) is 0 Å². The molecule has 4 nitrogen and oxygen atoms in total. The Kier molecular flexibility index (Phi) is 8.47. The lowest BCUT2D eigenvalue weighted by Crippen LogP contribution is -2.00. The van der Waals surface area contributed by atoms with Gasteiger partial charge >= 0.3 is 0 Å². The maximum atomic E-state index is 5.31. The standard InChI is InChI=1S/C52H34N4/c1-4-15-37(16-5-1)42-21-10-11-22-44(42)49-46-25-14-24-43(48(46)45-23-12-13-26-47(45)53-49)38-31-27-35(28-32-38)36-29-33-41(34-30-36)52-55-50(39-17-6-2-7-18-39)54-51(56-52)40-19-8-3-9-20-40/h1-34H. The minimum atomic E-state index is 0.642. The maximum absolute atomic E-state index is 5.31. The van der Waals surface area contributed by atoms with Crippen molar-refractivity contribution in [2.75, 3.05) is 0 Å². The number of pyridine rings is 1. The van der Waals surface area contributed by atoms with E-state index in [1.165, 1.54) is 22.1 Å². The lowest BCUT2D eigenvalue weighted by Gasteiger charge is -2.16. The third-order valence-corrected chi connectivity index (χ3v) is 10.4. The highest BCUT2D eigenvalue weighted by atomic mass is 15.0. The summed E-state index contributed by atoms with van der Waals surface area (Å²) in [7, 11) is 0. The van der Waals surface area contributed by atoms with Gasteiger partial charge in [0.05, 0.1) is 11.2 Å². The topological polar surface area (TPSA) is 51.6 Å². The van der Waals surface area contributed by atoms with E-state index in [0.29, 0.717) is 17.5 Å². The van der Waals surface area contributed by atoms with Gasteiger partial charge in [-0.3, -0.25) is 0 Å². The molecule has 0 unspecified atom stereocenters. The van der Waals surface area contributed by atoms with Gasteiger partial charge in [-0.15, -0.1) is 0 Å². The van der Waals surface area contributed by atoms with Gasteiger partial charge < -0.3 is 0 Å². The Bertz CT molecular complexity index is 2920. The van der Waals surface area contributed by atoms with Gasteiger partial charge in [0.25, 0.3) is 0 Å². The monoisotopic (exact) mass is 714 g/mol. The zero-order valence-electron chi connectivity index (χ0n) is 30.4. The molecule has 8 aromatic carbocycles. The molecular formula is C52H34N4. The minimum Gasteiger partial charge on any atom is -0.247 e. The first-order chi connectivity index (χ1) is 27.8. The number of rotatable bonds is 7. The van der Waals surface area contributed by atoms with Crippen molar-refractivity contribution in [3.05, 3.63) is 206 Å². The molecule has 0 fully saturated rings. The fourth-order valence-electron chi connectivity index (χ4n) is 7.60. The summed E-state index contributed by atoms with van der Waals surface area (Å²) in [5, 5.41) is 3.48. The molecule has 10 rings (SSSR count). The fraction of sp³-hybridized carbons (Fsp3) is 0. The molecule has 0 N–H and O–H groups in total. The molecule has 0 aliphatic rings. The second-order valence-electron chi connectivity index (χ2n) is 13.8. The van der Waals surface area contributed by atoms with Crippen LogP contribution in [0.15, 0.2) is 206 Å². The lowest BCUT2D eigenvalue weighted by molar-refractivity contribution is 1.07. The molecule has 56 heavy (non-hydrogen) atoms. The molecule has 0 radical (unpaired) electrons. The first kappa shape index (κ1) is 33.0. The van der Waals surface area contributed by atoms with Crippen molar-refractivity contribution in [3.8, 4) is 78.8 Å². The summed E-state index contributed by atoms with van der Waals surface area (Å²) >= 11 is 0. The Morgan fingerprint density at radius 1 is 0.232 bits per heavy atom. The minimum absolute atomic E-state index is 0.642. The predicted octanol–water partition coefficient (Wildman–Crippen LogP) is 13.2. The van der Waals surface area contributed by atoms with Gasteiger partial charge in [-0.2, -0.15) is 0 Å². The van der Waals surface area contributed by atoms with E-state index in [9.17, 15) is 0 Å². The van der Waals surface area contributed by atoms with Crippen LogP contribution < -0.4 is 0 Å². The van der Waals surface area contributed by atoms with Crippen molar-refractivity contribution in [1.82, 2.24) is 19.9 Å². The normalized spacial score (nSPS) is 11.2. The molecule has 262 valence electrons. The molecule has 2 heterocycles. The van der Waals surface area contributed by atoms with Gasteiger partial charge in [0.15, 0.2) is 17.5 Å². The molecule has 2 aromatic heterocycles. The quantitative estimate of drug-likeness (QED) is 0.154. The summed E-state index contributed by atoms with van der Waals surface area (Å²) in [6.07, 6.45) is 0. The molecule has 0 bridgehead atoms. The predicted molar refractivity (Wildman–Crippen MR) is 231 cm³/mol. The van der Waals surface area contributed by atoms with Gasteiger partial charge in [-0.25, -0.2) is 19.9 Å². The largest absolute Gasteiger partial charge is 0.247 e. The van der Waals surface area contributed by atoms with Crippen molar-refractivity contribution in [2.45, 2.75) is 0 Å². The van der Waals surface area contributed by atoms with Crippen molar-refractivity contribution in [1.29, 1.82) is 0 Å². The van der Waals surface area contributed by atoms with E-state index < -0.39 is 0 Å². The summed E-state index contributed by atoms with van der Waals surface area (Å²) in [5.74, 6) is 1.94. The second-order valence-corrected chi connectivity index (χ2v) is 13.8. The number of nitrogens with zero attached hydrogens (tertiary/aromatic N) is 4. The van der Waals surface area contributed by atoms with Crippen LogP contribution in [0.4, 0.5) is 0 Å². The molecule has 10 aromatic rings. The van der Waals surface area contributed by atoms with Crippen molar-refractivity contribution in [3.63, 3.8) is 0 Å². The van der Waals surface area contributed by atoms with E-state index in [1.807, 2.05) is 60.7 Å². The number of benzene rings is 8. The molecule has 0 saturated carbocycles. The first-order valence-corrected chi connectivity index (χ1v) is 18.8.